The van der Waals surface area contributed by atoms with Crippen LogP contribution in [0.2, 0.25) is 0 Å². The Balaban J connectivity index is 1.56. The van der Waals surface area contributed by atoms with E-state index in [1.165, 1.54) is 18.3 Å². The summed E-state index contributed by atoms with van der Waals surface area (Å²) in [5.41, 5.74) is 2.39. The second kappa shape index (κ2) is 7.72. The SMILES string of the molecule is CC(=O)NCc1ccc(-c2nc(NC(=O)c3c(C)nn4cccnc34)sc2C)s1. The van der Waals surface area contributed by atoms with E-state index in [2.05, 4.69) is 25.7 Å². The fraction of sp³-hybridized carbons (Fsp3) is 0.211. The minimum atomic E-state index is -0.283. The van der Waals surface area contributed by atoms with Crippen molar-refractivity contribution in [1.82, 2.24) is 24.9 Å². The molecule has 0 spiro atoms. The molecule has 0 fully saturated rings. The molecule has 4 heterocycles. The molecule has 0 unspecified atom stereocenters. The Morgan fingerprint density at radius 1 is 1.21 bits per heavy atom. The van der Waals surface area contributed by atoms with Crippen molar-refractivity contribution in [1.29, 1.82) is 0 Å². The van der Waals surface area contributed by atoms with Gasteiger partial charge >= 0.3 is 0 Å². The van der Waals surface area contributed by atoms with Gasteiger partial charge in [0.25, 0.3) is 5.91 Å². The minimum absolute atomic E-state index is 0.0627. The summed E-state index contributed by atoms with van der Waals surface area (Å²) in [6.45, 7) is 5.74. The van der Waals surface area contributed by atoms with Crippen molar-refractivity contribution in [2.24, 2.45) is 0 Å². The predicted octanol–water partition coefficient (Wildman–Crippen LogP) is 3.42. The highest BCUT2D eigenvalue weighted by atomic mass is 32.1. The van der Waals surface area contributed by atoms with Crippen molar-refractivity contribution in [3.05, 3.63) is 51.6 Å². The molecule has 4 aromatic heterocycles. The molecular weight excluding hydrogens is 408 g/mol. The highest BCUT2D eigenvalue weighted by Crippen LogP contribution is 2.35. The van der Waals surface area contributed by atoms with Crippen LogP contribution in [0.3, 0.4) is 0 Å². The average Bonchev–Trinajstić information content (AvgIpc) is 3.36. The van der Waals surface area contributed by atoms with Gasteiger partial charge in [0, 0.05) is 29.1 Å². The van der Waals surface area contributed by atoms with Crippen molar-refractivity contribution >= 4 is 45.3 Å². The van der Waals surface area contributed by atoms with Gasteiger partial charge in [-0.1, -0.05) is 0 Å². The molecule has 0 bridgehead atoms. The topological polar surface area (TPSA) is 101 Å². The minimum Gasteiger partial charge on any atom is -0.351 e. The summed E-state index contributed by atoms with van der Waals surface area (Å²) >= 11 is 2.99. The molecule has 0 saturated heterocycles. The molecular formula is C19H18N6O2S2. The van der Waals surface area contributed by atoms with E-state index in [0.717, 1.165) is 20.3 Å². The van der Waals surface area contributed by atoms with E-state index in [0.29, 0.717) is 28.6 Å². The van der Waals surface area contributed by atoms with Crippen LogP contribution in [0.4, 0.5) is 5.13 Å². The maximum absolute atomic E-state index is 12.8. The lowest BCUT2D eigenvalue weighted by atomic mass is 10.2. The highest BCUT2D eigenvalue weighted by Gasteiger charge is 2.20. The van der Waals surface area contributed by atoms with E-state index in [-0.39, 0.29) is 11.8 Å². The number of aryl methyl sites for hydroxylation is 2. The Morgan fingerprint density at radius 2 is 2.03 bits per heavy atom. The first kappa shape index (κ1) is 19.2. The summed E-state index contributed by atoms with van der Waals surface area (Å²) in [5, 5.41) is 10.5. The lowest BCUT2D eigenvalue weighted by Gasteiger charge is -2.00. The molecule has 0 radical (unpaired) electrons. The Kier molecular flexibility index (Phi) is 5.12. The van der Waals surface area contributed by atoms with Gasteiger partial charge in [0.05, 0.1) is 22.8 Å². The quantitative estimate of drug-likeness (QED) is 0.509. The predicted molar refractivity (Wildman–Crippen MR) is 113 cm³/mol. The summed E-state index contributed by atoms with van der Waals surface area (Å²) in [6, 6.07) is 5.72. The lowest BCUT2D eigenvalue weighted by Crippen LogP contribution is -2.17. The molecule has 8 nitrogen and oxygen atoms in total. The van der Waals surface area contributed by atoms with Crippen LogP contribution in [-0.4, -0.2) is 31.4 Å². The van der Waals surface area contributed by atoms with E-state index >= 15 is 0 Å². The van der Waals surface area contributed by atoms with Gasteiger partial charge in [-0.05, 0) is 32.0 Å². The van der Waals surface area contributed by atoms with Crippen LogP contribution in [0.25, 0.3) is 16.2 Å². The second-order valence-electron chi connectivity index (χ2n) is 6.40. The molecule has 0 aliphatic rings. The Hall–Kier alpha value is -3.11. The number of hydrogen-bond donors (Lipinski definition) is 2. The molecule has 4 aromatic rings. The number of thiophene rings is 1. The highest BCUT2D eigenvalue weighted by molar-refractivity contribution is 7.18. The molecule has 0 atom stereocenters. The number of thiazole rings is 1. The largest absolute Gasteiger partial charge is 0.351 e. The van der Waals surface area contributed by atoms with Gasteiger partial charge in [-0.3, -0.25) is 14.9 Å². The molecule has 0 saturated carbocycles. The smallest absolute Gasteiger partial charge is 0.263 e. The van der Waals surface area contributed by atoms with Gasteiger partial charge in [-0.2, -0.15) is 5.10 Å². The molecule has 4 rings (SSSR count). The van der Waals surface area contributed by atoms with Gasteiger partial charge in [0.2, 0.25) is 5.91 Å². The normalized spacial score (nSPS) is 11.0. The third kappa shape index (κ3) is 3.89. The van der Waals surface area contributed by atoms with E-state index in [1.54, 1.807) is 41.2 Å². The average molecular weight is 427 g/mol. The zero-order chi connectivity index (χ0) is 20.5. The van der Waals surface area contributed by atoms with E-state index in [9.17, 15) is 9.59 Å². The maximum atomic E-state index is 12.8. The van der Waals surface area contributed by atoms with Crippen molar-refractivity contribution < 1.29 is 9.59 Å². The third-order valence-electron chi connectivity index (χ3n) is 4.22. The molecule has 10 heteroatoms. The number of fused-ring (bicyclic) bond motifs is 1. The van der Waals surface area contributed by atoms with E-state index in [4.69, 9.17) is 0 Å². The van der Waals surface area contributed by atoms with Gasteiger partial charge in [0.1, 0.15) is 5.56 Å². The number of anilines is 1. The molecule has 0 aliphatic heterocycles. The molecule has 0 aromatic carbocycles. The van der Waals surface area contributed by atoms with Gasteiger partial charge < -0.3 is 5.32 Å². The van der Waals surface area contributed by atoms with Gasteiger partial charge in [0.15, 0.2) is 10.8 Å². The number of rotatable bonds is 5. The molecule has 29 heavy (non-hydrogen) atoms. The van der Waals surface area contributed by atoms with Crippen LogP contribution in [0.1, 0.15) is 32.7 Å². The Labute approximate surface area is 174 Å². The number of carbonyl (C=O) groups is 2. The summed E-state index contributed by atoms with van der Waals surface area (Å²) in [6.07, 6.45) is 3.39. The number of aromatic nitrogens is 4. The monoisotopic (exact) mass is 426 g/mol. The summed E-state index contributed by atoms with van der Waals surface area (Å²) < 4.78 is 1.59. The molecule has 148 valence electrons. The van der Waals surface area contributed by atoms with Crippen LogP contribution in [0, 0.1) is 13.8 Å². The fourth-order valence-electron chi connectivity index (χ4n) is 2.91. The van der Waals surface area contributed by atoms with E-state index in [1.807, 2.05) is 19.1 Å². The van der Waals surface area contributed by atoms with Crippen molar-refractivity contribution in [3.63, 3.8) is 0 Å². The standard InChI is InChI=1S/C19H18N6O2S2/c1-10-15(17-20-7-4-8-25(17)24-10)18(27)23-19-22-16(11(2)28-19)14-6-5-13(29-14)9-21-12(3)26/h4-8H,9H2,1-3H3,(H,21,26)(H,22,23,27). The van der Waals surface area contributed by atoms with Crippen LogP contribution >= 0.6 is 22.7 Å². The number of hydrogen-bond acceptors (Lipinski definition) is 7. The van der Waals surface area contributed by atoms with Gasteiger partial charge in [-0.25, -0.2) is 14.5 Å². The zero-order valence-electron chi connectivity index (χ0n) is 16.0. The molecule has 2 N–H and O–H groups in total. The fourth-order valence-corrected chi connectivity index (χ4v) is 4.79. The third-order valence-corrected chi connectivity index (χ3v) is 6.20. The van der Waals surface area contributed by atoms with E-state index < -0.39 is 0 Å². The Morgan fingerprint density at radius 3 is 2.83 bits per heavy atom. The number of nitrogens with one attached hydrogen (secondary N) is 2. The summed E-state index contributed by atoms with van der Waals surface area (Å²) in [7, 11) is 0. The Bertz CT molecular complexity index is 1220. The number of amides is 2. The molecule has 0 aliphatic carbocycles. The van der Waals surface area contributed by atoms with Crippen LogP contribution in [0.15, 0.2) is 30.6 Å². The summed E-state index contributed by atoms with van der Waals surface area (Å²) in [5.74, 6) is -0.346. The molecule has 2 amide bonds. The zero-order valence-corrected chi connectivity index (χ0v) is 17.6. The van der Waals surface area contributed by atoms with Crippen LogP contribution in [0.5, 0.6) is 0 Å². The maximum Gasteiger partial charge on any atom is 0.263 e. The van der Waals surface area contributed by atoms with Crippen molar-refractivity contribution in [2.75, 3.05) is 5.32 Å². The van der Waals surface area contributed by atoms with Crippen LogP contribution < -0.4 is 10.6 Å². The second-order valence-corrected chi connectivity index (χ2v) is 8.77. The van der Waals surface area contributed by atoms with Crippen molar-refractivity contribution in [3.8, 4) is 10.6 Å². The van der Waals surface area contributed by atoms with Gasteiger partial charge in [-0.15, -0.1) is 22.7 Å². The van der Waals surface area contributed by atoms with Crippen LogP contribution in [-0.2, 0) is 11.3 Å². The summed E-state index contributed by atoms with van der Waals surface area (Å²) in [4.78, 5) is 35.8. The van der Waals surface area contributed by atoms with Crippen molar-refractivity contribution in [2.45, 2.75) is 27.3 Å². The number of nitrogens with zero attached hydrogens (tertiary/aromatic N) is 4. The first-order valence-corrected chi connectivity index (χ1v) is 10.5. The number of carbonyl (C=O) groups excluding carboxylic acids is 2. The first-order valence-electron chi connectivity index (χ1n) is 8.84. The lowest BCUT2D eigenvalue weighted by molar-refractivity contribution is -0.119. The first-order chi connectivity index (χ1) is 13.9.